The first-order valence-corrected chi connectivity index (χ1v) is 10.2. The quantitative estimate of drug-likeness (QED) is 0.710. The van der Waals surface area contributed by atoms with Crippen LogP contribution in [0.3, 0.4) is 0 Å². The summed E-state index contributed by atoms with van der Waals surface area (Å²) in [7, 11) is 0. The fraction of sp³-hybridized carbons (Fsp3) is 0.800. The van der Waals surface area contributed by atoms with Gasteiger partial charge >= 0.3 is 0 Å². The molecule has 1 spiro atoms. The molecule has 6 nitrogen and oxygen atoms in total. The van der Waals surface area contributed by atoms with Gasteiger partial charge in [0.05, 0.1) is 19.1 Å². The van der Waals surface area contributed by atoms with Gasteiger partial charge in [0.15, 0.2) is 0 Å². The van der Waals surface area contributed by atoms with E-state index in [4.69, 9.17) is 0 Å². The molecule has 0 aromatic heterocycles. The minimum atomic E-state index is -3.13. The molecule has 0 aromatic rings. The van der Waals surface area contributed by atoms with Crippen LogP contribution < -0.4 is 5.32 Å². The predicted octanol–water partition coefficient (Wildman–Crippen LogP) is 1.33. The van der Waals surface area contributed by atoms with Gasteiger partial charge in [0.25, 0.3) is 5.92 Å². The molecule has 3 heterocycles. The number of nitrogens with zero attached hydrogens (tertiary/aromatic N) is 3. The molecule has 0 radical (unpaired) electrons. The molecule has 0 aromatic carbocycles. The van der Waals surface area contributed by atoms with Gasteiger partial charge < -0.3 is 10.2 Å². The van der Waals surface area contributed by atoms with E-state index in [9.17, 15) is 18.4 Å². The SMILES string of the molecule is C=CC(=O)NC1CCN(C(=O)CN2CCC3(CC2)CN(C(C)C)C3)CC1(F)F. The van der Waals surface area contributed by atoms with Crippen LogP contribution in [0.1, 0.15) is 33.1 Å². The summed E-state index contributed by atoms with van der Waals surface area (Å²) in [6, 6.07) is -0.675. The van der Waals surface area contributed by atoms with Crippen LogP contribution in [0, 0.1) is 5.41 Å². The van der Waals surface area contributed by atoms with Crippen LogP contribution >= 0.6 is 0 Å². The van der Waals surface area contributed by atoms with Gasteiger partial charge in [-0.15, -0.1) is 0 Å². The van der Waals surface area contributed by atoms with Gasteiger partial charge in [-0.1, -0.05) is 6.58 Å². The molecule has 1 atom stereocenters. The summed E-state index contributed by atoms with van der Waals surface area (Å²) in [5.74, 6) is -4.00. The van der Waals surface area contributed by atoms with E-state index in [1.807, 2.05) is 0 Å². The summed E-state index contributed by atoms with van der Waals surface area (Å²) >= 11 is 0. The van der Waals surface area contributed by atoms with Gasteiger partial charge in [-0.2, -0.15) is 0 Å². The number of carbonyl (C=O) groups is 2. The number of halogens is 2. The van der Waals surface area contributed by atoms with E-state index in [0.717, 1.165) is 45.1 Å². The second kappa shape index (κ2) is 8.06. The van der Waals surface area contributed by atoms with Crippen molar-refractivity contribution in [1.29, 1.82) is 0 Å². The molecular weight excluding hydrogens is 366 g/mol. The Hall–Kier alpha value is -1.54. The Balaban J connectivity index is 1.45. The minimum Gasteiger partial charge on any atom is -0.344 e. The Bertz CT molecular complexity index is 609. The van der Waals surface area contributed by atoms with Crippen molar-refractivity contribution < 1.29 is 18.4 Å². The summed E-state index contributed by atoms with van der Waals surface area (Å²) in [6.07, 6.45) is 3.16. The van der Waals surface area contributed by atoms with Crippen molar-refractivity contribution in [2.24, 2.45) is 5.41 Å². The Labute approximate surface area is 165 Å². The Morgan fingerprint density at radius 3 is 2.36 bits per heavy atom. The van der Waals surface area contributed by atoms with Gasteiger partial charge in [-0.25, -0.2) is 8.78 Å². The van der Waals surface area contributed by atoms with Crippen molar-refractivity contribution in [2.75, 3.05) is 45.8 Å². The van der Waals surface area contributed by atoms with E-state index in [0.29, 0.717) is 11.5 Å². The van der Waals surface area contributed by atoms with E-state index >= 15 is 0 Å². The first kappa shape index (κ1) is 21.2. The Morgan fingerprint density at radius 1 is 1.18 bits per heavy atom. The summed E-state index contributed by atoms with van der Waals surface area (Å²) in [6.45, 7) is 11.4. The highest BCUT2D eigenvalue weighted by molar-refractivity contribution is 5.87. The highest BCUT2D eigenvalue weighted by atomic mass is 19.3. The lowest BCUT2D eigenvalue weighted by atomic mass is 9.71. The maximum atomic E-state index is 14.4. The van der Waals surface area contributed by atoms with E-state index in [2.05, 4.69) is 35.5 Å². The molecule has 0 saturated carbocycles. The third kappa shape index (κ3) is 4.54. The van der Waals surface area contributed by atoms with Gasteiger partial charge in [0.1, 0.15) is 0 Å². The zero-order chi connectivity index (χ0) is 20.5. The number of hydrogen-bond donors (Lipinski definition) is 1. The van der Waals surface area contributed by atoms with Gasteiger partial charge in [-0.05, 0) is 57.7 Å². The number of nitrogens with one attached hydrogen (secondary N) is 1. The first-order chi connectivity index (χ1) is 13.1. The van der Waals surface area contributed by atoms with Gasteiger partial charge in [0.2, 0.25) is 11.8 Å². The maximum Gasteiger partial charge on any atom is 0.285 e. The Kier molecular flexibility index (Phi) is 6.10. The topological polar surface area (TPSA) is 55.9 Å². The number of likely N-dealkylation sites (tertiary alicyclic amines) is 3. The number of rotatable bonds is 5. The van der Waals surface area contributed by atoms with E-state index in [1.54, 1.807) is 0 Å². The number of hydrogen-bond acceptors (Lipinski definition) is 4. The molecular formula is C20H32F2N4O2. The number of piperidine rings is 2. The maximum absolute atomic E-state index is 14.4. The molecule has 3 fully saturated rings. The van der Waals surface area contributed by atoms with Crippen LogP contribution in [-0.4, -0.2) is 90.3 Å². The summed E-state index contributed by atoms with van der Waals surface area (Å²) in [4.78, 5) is 29.7. The molecule has 0 bridgehead atoms. The van der Waals surface area contributed by atoms with Crippen LogP contribution in [0.15, 0.2) is 12.7 Å². The van der Waals surface area contributed by atoms with Crippen molar-refractivity contribution in [3.63, 3.8) is 0 Å². The smallest absolute Gasteiger partial charge is 0.285 e. The summed E-state index contributed by atoms with van der Waals surface area (Å²) in [5, 5.41) is 2.27. The fourth-order valence-electron chi connectivity index (χ4n) is 4.53. The zero-order valence-corrected chi connectivity index (χ0v) is 16.9. The second-order valence-corrected chi connectivity index (χ2v) is 8.91. The fourth-order valence-corrected chi connectivity index (χ4v) is 4.53. The van der Waals surface area contributed by atoms with Crippen LogP contribution in [0.4, 0.5) is 8.78 Å². The number of alkyl halides is 2. The molecule has 8 heteroatoms. The lowest BCUT2D eigenvalue weighted by Gasteiger charge is -2.55. The summed E-state index contributed by atoms with van der Waals surface area (Å²) in [5.41, 5.74) is 0.387. The predicted molar refractivity (Wildman–Crippen MR) is 103 cm³/mol. The monoisotopic (exact) mass is 398 g/mol. The average molecular weight is 398 g/mol. The lowest BCUT2D eigenvalue weighted by molar-refractivity contribution is -0.148. The van der Waals surface area contributed by atoms with Gasteiger partial charge in [0, 0.05) is 25.7 Å². The van der Waals surface area contributed by atoms with E-state index in [1.165, 1.54) is 4.90 Å². The van der Waals surface area contributed by atoms with E-state index in [-0.39, 0.29) is 25.4 Å². The third-order valence-electron chi connectivity index (χ3n) is 6.54. The molecule has 0 aliphatic carbocycles. The zero-order valence-electron chi connectivity index (χ0n) is 16.9. The Morgan fingerprint density at radius 2 is 1.82 bits per heavy atom. The molecule has 28 heavy (non-hydrogen) atoms. The minimum absolute atomic E-state index is 0.0481. The molecule has 3 aliphatic rings. The molecule has 1 N–H and O–H groups in total. The van der Waals surface area contributed by atoms with Crippen LogP contribution in [0.5, 0.6) is 0 Å². The molecule has 3 aliphatic heterocycles. The highest BCUT2D eigenvalue weighted by Gasteiger charge is 2.48. The van der Waals surface area contributed by atoms with Gasteiger partial charge in [-0.3, -0.25) is 19.4 Å². The first-order valence-electron chi connectivity index (χ1n) is 10.2. The van der Waals surface area contributed by atoms with Crippen LogP contribution in [0.2, 0.25) is 0 Å². The van der Waals surface area contributed by atoms with Crippen LogP contribution in [-0.2, 0) is 9.59 Å². The van der Waals surface area contributed by atoms with Crippen molar-refractivity contribution >= 4 is 11.8 Å². The largest absolute Gasteiger partial charge is 0.344 e. The molecule has 2 amide bonds. The molecule has 158 valence electrons. The van der Waals surface area contributed by atoms with E-state index < -0.39 is 24.4 Å². The number of amides is 2. The lowest BCUT2D eigenvalue weighted by Crippen LogP contribution is -2.63. The average Bonchev–Trinajstić information content (AvgIpc) is 2.61. The second-order valence-electron chi connectivity index (χ2n) is 8.91. The van der Waals surface area contributed by atoms with Crippen molar-refractivity contribution in [3.05, 3.63) is 12.7 Å². The third-order valence-corrected chi connectivity index (χ3v) is 6.54. The normalized spacial score (nSPS) is 27.5. The highest BCUT2D eigenvalue weighted by Crippen LogP contribution is 2.41. The number of carbonyl (C=O) groups excluding carboxylic acids is 2. The summed E-state index contributed by atoms with van der Waals surface area (Å²) < 4.78 is 28.7. The molecule has 1 unspecified atom stereocenters. The standard InChI is InChI=1S/C20H32F2N4O2/c1-4-17(27)23-16-5-8-25(14-20(16,21)22)18(28)11-24-9-6-19(7-10-24)12-26(13-19)15(2)3/h4,15-16H,1,5-14H2,2-3H3,(H,23,27). The van der Waals surface area contributed by atoms with Crippen LogP contribution in [0.25, 0.3) is 0 Å². The van der Waals surface area contributed by atoms with Crippen molar-refractivity contribution in [3.8, 4) is 0 Å². The van der Waals surface area contributed by atoms with Crippen molar-refractivity contribution in [1.82, 2.24) is 20.0 Å². The van der Waals surface area contributed by atoms with Crippen molar-refractivity contribution in [2.45, 2.75) is 51.1 Å². The molecule has 3 saturated heterocycles. The molecule has 3 rings (SSSR count).